The van der Waals surface area contributed by atoms with Gasteiger partial charge in [0.25, 0.3) is 0 Å². The van der Waals surface area contributed by atoms with Gasteiger partial charge in [-0.25, -0.2) is 4.79 Å². The van der Waals surface area contributed by atoms with Crippen LogP contribution in [0.3, 0.4) is 0 Å². The molecule has 1 N–H and O–H groups in total. The number of piperazine rings is 1. The van der Waals surface area contributed by atoms with Crippen molar-refractivity contribution >= 4 is 6.09 Å². The van der Waals surface area contributed by atoms with E-state index in [-0.39, 0.29) is 12.1 Å². The summed E-state index contributed by atoms with van der Waals surface area (Å²) in [5.74, 6) is 0.612. The molecule has 5 nitrogen and oxygen atoms in total. The zero-order valence-corrected chi connectivity index (χ0v) is 12.1. The number of carbonyl (C=O) groups is 1. The van der Waals surface area contributed by atoms with Crippen molar-refractivity contribution in [3.63, 3.8) is 0 Å². The molecule has 0 spiro atoms. The first-order valence-electron chi connectivity index (χ1n) is 6.82. The van der Waals surface area contributed by atoms with Crippen LogP contribution >= 0.6 is 0 Å². The number of hydrogen-bond acceptors (Lipinski definition) is 4. The maximum Gasteiger partial charge on any atom is 0.409 e. The Balaban J connectivity index is 2.16. The summed E-state index contributed by atoms with van der Waals surface area (Å²) in [5.41, 5.74) is 0. The van der Waals surface area contributed by atoms with Gasteiger partial charge in [-0.05, 0) is 26.4 Å². The Morgan fingerprint density at radius 3 is 2.39 bits per heavy atom. The van der Waals surface area contributed by atoms with E-state index in [1.807, 2.05) is 6.92 Å². The van der Waals surface area contributed by atoms with Crippen LogP contribution in [0.5, 0.6) is 0 Å². The lowest BCUT2D eigenvalue weighted by atomic mass is 10.2. The summed E-state index contributed by atoms with van der Waals surface area (Å²) in [7, 11) is 2.07. The van der Waals surface area contributed by atoms with Gasteiger partial charge in [0.15, 0.2) is 0 Å². The van der Waals surface area contributed by atoms with Gasteiger partial charge in [0.2, 0.25) is 0 Å². The SMILES string of the molecule is CC(C)CN[C@@H](C)COC(=O)N1CCN(C)CC1. The minimum Gasteiger partial charge on any atom is -0.448 e. The first-order chi connectivity index (χ1) is 8.49. The third-order valence-electron chi connectivity index (χ3n) is 3.09. The number of ether oxygens (including phenoxy) is 1. The summed E-state index contributed by atoms with van der Waals surface area (Å²) in [6, 6.07) is 0.212. The van der Waals surface area contributed by atoms with Gasteiger partial charge in [0.05, 0.1) is 0 Å². The van der Waals surface area contributed by atoms with Crippen LogP contribution < -0.4 is 5.32 Å². The quantitative estimate of drug-likeness (QED) is 0.798. The molecule has 0 saturated carbocycles. The molecule has 0 bridgehead atoms. The molecule has 1 rings (SSSR count). The minimum atomic E-state index is -0.179. The second-order valence-corrected chi connectivity index (χ2v) is 5.57. The van der Waals surface area contributed by atoms with E-state index < -0.39 is 0 Å². The van der Waals surface area contributed by atoms with Crippen molar-refractivity contribution in [3.05, 3.63) is 0 Å². The van der Waals surface area contributed by atoms with Crippen LogP contribution in [0, 0.1) is 5.92 Å². The molecular formula is C13H27N3O2. The van der Waals surface area contributed by atoms with E-state index in [1.54, 1.807) is 4.90 Å². The molecule has 1 fully saturated rings. The smallest absolute Gasteiger partial charge is 0.409 e. The first-order valence-corrected chi connectivity index (χ1v) is 6.82. The van der Waals surface area contributed by atoms with Gasteiger partial charge in [-0.1, -0.05) is 13.8 Å². The monoisotopic (exact) mass is 257 g/mol. The second-order valence-electron chi connectivity index (χ2n) is 5.57. The van der Waals surface area contributed by atoms with Crippen molar-refractivity contribution in [2.75, 3.05) is 46.4 Å². The lowest BCUT2D eigenvalue weighted by Crippen LogP contribution is -2.48. The summed E-state index contributed by atoms with van der Waals surface area (Å²) >= 11 is 0. The Hall–Kier alpha value is -0.810. The van der Waals surface area contributed by atoms with Crippen LogP contribution in [-0.4, -0.2) is 68.3 Å². The van der Waals surface area contributed by atoms with E-state index in [1.165, 1.54) is 0 Å². The predicted molar refractivity (Wildman–Crippen MR) is 72.7 cm³/mol. The Kier molecular flexibility index (Phi) is 6.43. The number of rotatable bonds is 5. The molecule has 1 aliphatic rings. The fourth-order valence-corrected chi connectivity index (χ4v) is 1.77. The van der Waals surface area contributed by atoms with E-state index in [0.717, 1.165) is 32.7 Å². The molecule has 1 atom stereocenters. The predicted octanol–water partition coefficient (Wildman–Crippen LogP) is 1.00. The van der Waals surface area contributed by atoms with Gasteiger partial charge in [-0.15, -0.1) is 0 Å². The van der Waals surface area contributed by atoms with E-state index in [2.05, 4.69) is 31.1 Å². The Morgan fingerprint density at radius 2 is 1.83 bits per heavy atom. The zero-order valence-electron chi connectivity index (χ0n) is 12.1. The van der Waals surface area contributed by atoms with Crippen LogP contribution in [0.1, 0.15) is 20.8 Å². The van der Waals surface area contributed by atoms with Crippen LogP contribution in [-0.2, 0) is 4.74 Å². The van der Waals surface area contributed by atoms with Gasteiger partial charge in [-0.2, -0.15) is 0 Å². The Bertz CT molecular complexity index is 251. The molecule has 1 amide bonds. The lowest BCUT2D eigenvalue weighted by Gasteiger charge is -2.31. The molecule has 1 saturated heterocycles. The van der Waals surface area contributed by atoms with Crippen molar-refractivity contribution in [1.82, 2.24) is 15.1 Å². The van der Waals surface area contributed by atoms with Crippen molar-refractivity contribution in [1.29, 1.82) is 0 Å². The second kappa shape index (κ2) is 7.59. The highest BCUT2D eigenvalue weighted by Crippen LogP contribution is 2.02. The molecule has 0 aromatic rings. The number of amides is 1. The van der Waals surface area contributed by atoms with Crippen LogP contribution in [0.25, 0.3) is 0 Å². The number of nitrogens with one attached hydrogen (secondary N) is 1. The highest BCUT2D eigenvalue weighted by atomic mass is 16.6. The third kappa shape index (κ3) is 5.69. The van der Waals surface area contributed by atoms with Crippen molar-refractivity contribution < 1.29 is 9.53 Å². The highest BCUT2D eigenvalue weighted by Gasteiger charge is 2.20. The largest absolute Gasteiger partial charge is 0.448 e. The van der Waals surface area contributed by atoms with Gasteiger partial charge < -0.3 is 19.9 Å². The molecule has 0 aliphatic carbocycles. The fraction of sp³-hybridized carbons (Fsp3) is 0.923. The van der Waals surface area contributed by atoms with Crippen molar-refractivity contribution in [3.8, 4) is 0 Å². The van der Waals surface area contributed by atoms with Crippen LogP contribution in [0.2, 0.25) is 0 Å². The first kappa shape index (κ1) is 15.2. The standard InChI is InChI=1S/C13H27N3O2/c1-11(2)9-14-12(3)10-18-13(17)16-7-5-15(4)6-8-16/h11-12,14H,5-10H2,1-4H3/t12-/m0/s1. The number of likely N-dealkylation sites (N-methyl/N-ethyl adjacent to an activating group) is 1. The summed E-state index contributed by atoms with van der Waals surface area (Å²) in [5, 5.41) is 3.34. The molecule has 0 radical (unpaired) electrons. The van der Waals surface area contributed by atoms with E-state index in [4.69, 9.17) is 4.74 Å². The van der Waals surface area contributed by atoms with Crippen LogP contribution in [0.15, 0.2) is 0 Å². The molecule has 0 aromatic carbocycles. The van der Waals surface area contributed by atoms with E-state index in [0.29, 0.717) is 12.5 Å². The molecule has 1 aliphatic heterocycles. The summed E-state index contributed by atoms with van der Waals surface area (Å²) in [4.78, 5) is 15.8. The normalized spacial score (nSPS) is 19.1. The summed E-state index contributed by atoms with van der Waals surface area (Å²) in [6.45, 7) is 11.1. The van der Waals surface area contributed by atoms with Crippen molar-refractivity contribution in [2.24, 2.45) is 5.92 Å². The number of carbonyl (C=O) groups excluding carboxylic acids is 1. The molecule has 0 aromatic heterocycles. The molecule has 18 heavy (non-hydrogen) atoms. The Labute approximate surface area is 110 Å². The average molecular weight is 257 g/mol. The lowest BCUT2D eigenvalue weighted by molar-refractivity contribution is 0.0759. The van der Waals surface area contributed by atoms with Gasteiger partial charge in [0.1, 0.15) is 6.61 Å². The van der Waals surface area contributed by atoms with Gasteiger partial charge >= 0.3 is 6.09 Å². The van der Waals surface area contributed by atoms with E-state index in [9.17, 15) is 4.79 Å². The third-order valence-corrected chi connectivity index (χ3v) is 3.09. The summed E-state index contributed by atoms with van der Waals surface area (Å²) in [6.07, 6.45) is -0.179. The van der Waals surface area contributed by atoms with Crippen molar-refractivity contribution in [2.45, 2.75) is 26.8 Å². The molecular weight excluding hydrogens is 230 g/mol. The van der Waals surface area contributed by atoms with E-state index >= 15 is 0 Å². The number of nitrogens with zero attached hydrogens (tertiary/aromatic N) is 2. The molecule has 106 valence electrons. The number of hydrogen-bond donors (Lipinski definition) is 1. The zero-order chi connectivity index (χ0) is 13.5. The highest BCUT2D eigenvalue weighted by molar-refractivity contribution is 5.67. The topological polar surface area (TPSA) is 44.8 Å². The Morgan fingerprint density at radius 1 is 1.22 bits per heavy atom. The minimum absolute atomic E-state index is 0.179. The average Bonchev–Trinajstić information content (AvgIpc) is 2.34. The molecule has 0 unspecified atom stereocenters. The summed E-state index contributed by atoms with van der Waals surface area (Å²) < 4.78 is 5.32. The van der Waals surface area contributed by atoms with Crippen LogP contribution in [0.4, 0.5) is 4.79 Å². The maximum absolute atomic E-state index is 11.8. The fourth-order valence-electron chi connectivity index (χ4n) is 1.77. The molecule has 5 heteroatoms. The van der Waals surface area contributed by atoms with Gasteiger partial charge in [0, 0.05) is 32.2 Å². The molecule has 1 heterocycles. The maximum atomic E-state index is 11.8. The van der Waals surface area contributed by atoms with Gasteiger partial charge in [-0.3, -0.25) is 0 Å².